The summed E-state index contributed by atoms with van der Waals surface area (Å²) in [5.41, 5.74) is 2.01. The predicted molar refractivity (Wildman–Crippen MR) is 79.8 cm³/mol. The van der Waals surface area contributed by atoms with Crippen molar-refractivity contribution in [2.24, 2.45) is 0 Å². The maximum Gasteiger partial charge on any atom is 0.268 e. The van der Waals surface area contributed by atoms with Gasteiger partial charge in [-0.3, -0.25) is 10.1 Å². The van der Waals surface area contributed by atoms with Crippen molar-refractivity contribution in [1.82, 2.24) is 4.98 Å². The molecule has 0 unspecified atom stereocenters. The van der Waals surface area contributed by atoms with Crippen molar-refractivity contribution in [2.45, 2.75) is 0 Å². The Morgan fingerprint density at radius 1 is 1.05 bits per heavy atom. The lowest BCUT2D eigenvalue weighted by Crippen LogP contribution is -2.10. The average Bonchev–Trinajstić information content (AvgIpc) is 3.10. The van der Waals surface area contributed by atoms with E-state index < -0.39 is 0 Å². The van der Waals surface area contributed by atoms with Gasteiger partial charge in [0.2, 0.25) is 0 Å². The highest BCUT2D eigenvalue weighted by atomic mass is 32.1. The Labute approximate surface area is 118 Å². The van der Waals surface area contributed by atoms with Crippen LogP contribution in [0.2, 0.25) is 0 Å². The number of hydrogen-bond donors (Lipinski definition) is 1. The van der Waals surface area contributed by atoms with Gasteiger partial charge in [0.15, 0.2) is 5.13 Å². The van der Waals surface area contributed by atoms with Crippen LogP contribution in [0.25, 0.3) is 11.1 Å². The van der Waals surface area contributed by atoms with Gasteiger partial charge in [0.25, 0.3) is 5.91 Å². The second kappa shape index (κ2) is 5.34. The van der Waals surface area contributed by atoms with Crippen LogP contribution in [-0.2, 0) is 0 Å². The summed E-state index contributed by atoms with van der Waals surface area (Å²) in [6, 6.07) is 11.9. The third-order valence-corrected chi connectivity index (χ3v) is 4.21. The summed E-state index contributed by atoms with van der Waals surface area (Å²) in [4.78, 5) is 17.0. The minimum Gasteiger partial charge on any atom is -0.297 e. The minimum absolute atomic E-state index is 0.108. The summed E-state index contributed by atoms with van der Waals surface area (Å²) in [7, 11) is 0. The molecule has 94 valence electrons. The van der Waals surface area contributed by atoms with Crippen LogP contribution < -0.4 is 5.32 Å². The molecule has 3 nitrogen and oxygen atoms in total. The monoisotopic (exact) mass is 286 g/mol. The van der Waals surface area contributed by atoms with Crippen molar-refractivity contribution in [3.8, 4) is 11.1 Å². The topological polar surface area (TPSA) is 42.0 Å². The number of benzene rings is 1. The lowest BCUT2D eigenvalue weighted by molar-refractivity contribution is 0.103. The molecule has 0 atom stereocenters. The predicted octanol–water partition coefficient (Wildman–Crippen LogP) is 4.12. The van der Waals surface area contributed by atoms with Crippen LogP contribution in [0.4, 0.5) is 5.13 Å². The largest absolute Gasteiger partial charge is 0.297 e. The molecule has 19 heavy (non-hydrogen) atoms. The molecule has 2 aromatic heterocycles. The van der Waals surface area contributed by atoms with Crippen molar-refractivity contribution in [1.29, 1.82) is 0 Å². The zero-order valence-electron chi connectivity index (χ0n) is 9.87. The van der Waals surface area contributed by atoms with E-state index in [2.05, 4.69) is 10.3 Å². The molecule has 5 heteroatoms. The van der Waals surface area contributed by atoms with Gasteiger partial charge in [-0.05, 0) is 17.0 Å². The van der Waals surface area contributed by atoms with Crippen molar-refractivity contribution < 1.29 is 4.79 Å². The Balaban J connectivity index is 1.90. The zero-order valence-corrected chi connectivity index (χ0v) is 11.5. The van der Waals surface area contributed by atoms with E-state index in [-0.39, 0.29) is 5.91 Å². The van der Waals surface area contributed by atoms with Crippen molar-refractivity contribution in [3.05, 3.63) is 58.2 Å². The molecular formula is C14H10N2OS2. The molecule has 0 radical (unpaired) electrons. The van der Waals surface area contributed by atoms with E-state index in [0.29, 0.717) is 10.0 Å². The van der Waals surface area contributed by atoms with Crippen LogP contribution >= 0.6 is 22.7 Å². The van der Waals surface area contributed by atoms with Gasteiger partial charge in [-0.2, -0.15) is 0 Å². The molecule has 3 aromatic rings. The third-order valence-electron chi connectivity index (χ3n) is 2.61. The summed E-state index contributed by atoms with van der Waals surface area (Å²) in [5.74, 6) is -0.108. The zero-order chi connectivity index (χ0) is 13.1. The van der Waals surface area contributed by atoms with E-state index in [1.54, 1.807) is 6.20 Å². The fraction of sp³-hybridized carbons (Fsp3) is 0. The number of carbonyl (C=O) groups is 1. The van der Waals surface area contributed by atoms with E-state index >= 15 is 0 Å². The van der Waals surface area contributed by atoms with E-state index in [9.17, 15) is 4.79 Å². The molecule has 0 aliphatic carbocycles. The molecule has 2 heterocycles. The number of thiophene rings is 1. The molecule has 0 aliphatic heterocycles. The highest BCUT2D eigenvalue weighted by Crippen LogP contribution is 2.29. The number of thiazole rings is 1. The van der Waals surface area contributed by atoms with E-state index in [0.717, 1.165) is 11.1 Å². The van der Waals surface area contributed by atoms with Crippen LogP contribution in [-0.4, -0.2) is 10.9 Å². The smallest absolute Gasteiger partial charge is 0.268 e. The summed E-state index contributed by atoms with van der Waals surface area (Å²) in [5, 5.41) is 7.20. The molecule has 0 saturated carbocycles. The van der Waals surface area contributed by atoms with Gasteiger partial charge >= 0.3 is 0 Å². The van der Waals surface area contributed by atoms with Gasteiger partial charge in [0.05, 0.1) is 0 Å². The maximum absolute atomic E-state index is 12.2. The number of amides is 1. The second-order valence-electron chi connectivity index (χ2n) is 3.82. The van der Waals surface area contributed by atoms with E-state index in [1.807, 2.05) is 47.2 Å². The lowest BCUT2D eigenvalue weighted by Gasteiger charge is -2.03. The number of nitrogens with one attached hydrogen (secondary N) is 1. The molecular weight excluding hydrogens is 276 g/mol. The molecule has 0 aliphatic rings. The van der Waals surface area contributed by atoms with Crippen molar-refractivity contribution in [3.63, 3.8) is 0 Å². The first-order valence-corrected chi connectivity index (χ1v) is 7.44. The Morgan fingerprint density at radius 2 is 1.89 bits per heavy atom. The highest BCUT2D eigenvalue weighted by molar-refractivity contribution is 7.14. The third kappa shape index (κ3) is 2.57. The van der Waals surface area contributed by atoms with Crippen LogP contribution in [0.5, 0.6) is 0 Å². The second-order valence-corrected chi connectivity index (χ2v) is 5.63. The van der Waals surface area contributed by atoms with Crippen LogP contribution in [0.15, 0.2) is 53.4 Å². The molecule has 1 amide bonds. The number of nitrogens with zero attached hydrogens (tertiary/aromatic N) is 1. The number of rotatable bonds is 3. The first kappa shape index (κ1) is 12.1. The van der Waals surface area contributed by atoms with Gasteiger partial charge in [0, 0.05) is 17.1 Å². The SMILES string of the molecule is O=C(Nc1nccs1)c1sccc1-c1ccccc1. The molecule has 0 bridgehead atoms. The van der Waals surface area contributed by atoms with Gasteiger partial charge in [-0.15, -0.1) is 22.7 Å². The summed E-state index contributed by atoms with van der Waals surface area (Å²) >= 11 is 2.85. The van der Waals surface area contributed by atoms with Gasteiger partial charge in [-0.1, -0.05) is 30.3 Å². The Kier molecular flexibility index (Phi) is 3.39. The van der Waals surface area contributed by atoms with Crippen molar-refractivity contribution >= 4 is 33.7 Å². The Hall–Kier alpha value is -1.98. The molecule has 0 spiro atoms. The van der Waals surface area contributed by atoms with E-state index in [4.69, 9.17) is 0 Å². The van der Waals surface area contributed by atoms with Gasteiger partial charge in [0.1, 0.15) is 4.88 Å². The molecule has 0 fully saturated rings. The van der Waals surface area contributed by atoms with Gasteiger partial charge < -0.3 is 0 Å². The van der Waals surface area contributed by atoms with Crippen molar-refractivity contribution in [2.75, 3.05) is 5.32 Å². The number of anilines is 1. The number of hydrogen-bond acceptors (Lipinski definition) is 4. The van der Waals surface area contributed by atoms with Crippen LogP contribution in [0.3, 0.4) is 0 Å². The Bertz CT molecular complexity index is 675. The average molecular weight is 286 g/mol. The molecule has 3 rings (SSSR count). The minimum atomic E-state index is -0.108. The summed E-state index contributed by atoms with van der Waals surface area (Å²) < 4.78 is 0. The fourth-order valence-corrected chi connectivity index (χ4v) is 3.10. The van der Waals surface area contributed by atoms with Crippen LogP contribution in [0.1, 0.15) is 9.67 Å². The van der Waals surface area contributed by atoms with Crippen LogP contribution in [0, 0.1) is 0 Å². The molecule has 0 saturated heterocycles. The normalized spacial score (nSPS) is 10.3. The van der Waals surface area contributed by atoms with E-state index in [1.165, 1.54) is 22.7 Å². The number of carbonyl (C=O) groups excluding carboxylic acids is 1. The first-order chi connectivity index (χ1) is 9.34. The molecule has 1 aromatic carbocycles. The number of aromatic nitrogens is 1. The molecule has 1 N–H and O–H groups in total. The lowest BCUT2D eigenvalue weighted by atomic mass is 10.1. The summed E-state index contributed by atoms with van der Waals surface area (Å²) in [6.45, 7) is 0. The summed E-state index contributed by atoms with van der Waals surface area (Å²) in [6.07, 6.45) is 1.67. The Morgan fingerprint density at radius 3 is 2.63 bits per heavy atom. The fourth-order valence-electron chi connectivity index (χ4n) is 1.77. The maximum atomic E-state index is 12.2. The quantitative estimate of drug-likeness (QED) is 0.786. The highest BCUT2D eigenvalue weighted by Gasteiger charge is 2.15. The first-order valence-electron chi connectivity index (χ1n) is 5.68. The standard InChI is InChI=1S/C14H10N2OS2/c17-13(16-14-15-7-9-19-14)12-11(6-8-18-12)10-4-2-1-3-5-10/h1-9H,(H,15,16,17). The van der Waals surface area contributed by atoms with Gasteiger partial charge in [-0.25, -0.2) is 4.98 Å².